The van der Waals surface area contributed by atoms with E-state index in [0.717, 1.165) is 39.9 Å². The zero-order chi connectivity index (χ0) is 27.9. The van der Waals surface area contributed by atoms with Crippen LogP contribution in [0.2, 0.25) is 0 Å². The average Bonchev–Trinajstić information content (AvgIpc) is 3.29. The number of aryl methyl sites for hydroxylation is 1. The molecule has 5 rings (SSSR count). The molecule has 0 aliphatic heterocycles. The van der Waals surface area contributed by atoms with Gasteiger partial charge in [-0.25, -0.2) is 9.59 Å². The van der Waals surface area contributed by atoms with Crippen LogP contribution in [0.25, 0.3) is 22.5 Å². The first-order valence-corrected chi connectivity index (χ1v) is 13.2. The van der Waals surface area contributed by atoms with Gasteiger partial charge in [0.1, 0.15) is 12.6 Å². The van der Waals surface area contributed by atoms with E-state index in [1.165, 1.54) is 0 Å². The molecular weight excluding hydrogens is 508 g/mol. The number of aliphatic carboxylic acids is 1. The number of anilines is 1. The molecular formula is C30H30N6O4. The summed E-state index contributed by atoms with van der Waals surface area (Å²) in [5, 5.41) is 31.4. The zero-order valence-electron chi connectivity index (χ0n) is 22.1. The van der Waals surface area contributed by atoms with Gasteiger partial charge in [0.2, 0.25) is 5.82 Å². The average molecular weight is 539 g/mol. The van der Waals surface area contributed by atoms with Gasteiger partial charge in [-0.1, -0.05) is 48.5 Å². The smallest absolute Gasteiger partial charge is 0.407 e. The lowest BCUT2D eigenvalue weighted by atomic mass is 9.98. The molecule has 1 unspecified atom stereocenters. The van der Waals surface area contributed by atoms with E-state index in [1.807, 2.05) is 60.7 Å². The summed E-state index contributed by atoms with van der Waals surface area (Å²) < 4.78 is 5.51. The Balaban J connectivity index is 1.06. The van der Waals surface area contributed by atoms with E-state index < -0.39 is 18.1 Å². The van der Waals surface area contributed by atoms with Crippen molar-refractivity contribution in [3.63, 3.8) is 0 Å². The lowest BCUT2D eigenvalue weighted by molar-refractivity contribution is -0.139. The van der Waals surface area contributed by atoms with E-state index in [-0.39, 0.29) is 12.5 Å². The van der Waals surface area contributed by atoms with Crippen molar-refractivity contribution in [2.75, 3.05) is 18.5 Å². The van der Waals surface area contributed by atoms with Gasteiger partial charge < -0.3 is 20.5 Å². The van der Waals surface area contributed by atoms with Crippen LogP contribution >= 0.6 is 0 Å². The molecule has 10 nitrogen and oxygen atoms in total. The van der Waals surface area contributed by atoms with Gasteiger partial charge in [-0.2, -0.15) is 0 Å². The Bertz CT molecular complexity index is 1430. The maximum atomic E-state index is 12.5. The number of rotatable bonds is 11. The number of aromatic nitrogens is 4. The minimum absolute atomic E-state index is 0.0840. The maximum Gasteiger partial charge on any atom is 0.407 e. The number of fused-ring (bicyclic) bond motifs is 3. The number of carboxylic acid groups (broad SMARTS) is 1. The van der Waals surface area contributed by atoms with Crippen molar-refractivity contribution >= 4 is 17.7 Å². The molecule has 40 heavy (non-hydrogen) atoms. The summed E-state index contributed by atoms with van der Waals surface area (Å²) >= 11 is 0. The molecule has 0 saturated carbocycles. The first-order valence-electron chi connectivity index (χ1n) is 13.2. The van der Waals surface area contributed by atoms with Crippen molar-refractivity contribution in [3.05, 3.63) is 89.7 Å². The fraction of sp³-hybridized carbons (Fsp3) is 0.267. The highest BCUT2D eigenvalue weighted by Gasteiger charge is 2.29. The third-order valence-electron chi connectivity index (χ3n) is 6.90. The van der Waals surface area contributed by atoms with Crippen LogP contribution in [0.15, 0.2) is 72.8 Å². The lowest BCUT2D eigenvalue weighted by Gasteiger charge is -2.17. The Hall–Kier alpha value is -4.86. The highest BCUT2D eigenvalue weighted by atomic mass is 16.5. The fourth-order valence-electron chi connectivity index (χ4n) is 4.88. The highest BCUT2D eigenvalue weighted by Crippen LogP contribution is 2.44. The maximum absolute atomic E-state index is 12.5. The molecule has 1 aliphatic carbocycles. The molecule has 0 radical (unpaired) electrons. The van der Waals surface area contributed by atoms with Crippen molar-refractivity contribution in [2.24, 2.45) is 0 Å². The van der Waals surface area contributed by atoms with Crippen LogP contribution in [-0.2, 0) is 9.53 Å². The largest absolute Gasteiger partial charge is 0.480 e. The summed E-state index contributed by atoms with van der Waals surface area (Å²) in [6.07, 6.45) is 0.910. The predicted molar refractivity (Wildman–Crippen MR) is 150 cm³/mol. The second-order valence-corrected chi connectivity index (χ2v) is 9.63. The van der Waals surface area contributed by atoms with Crippen molar-refractivity contribution in [1.29, 1.82) is 0 Å². The standard InChI is InChI=1S/C30H30N6O4/c1-19-33-35-28(36-34-19)20-13-15-21(16-14-20)31-17-7-6-12-27(29(37)38)32-30(39)40-18-26-24-10-4-2-8-22(24)23-9-3-5-11-25(23)26/h2-5,8-11,13-16,26-27,31H,6-7,12,17-18H2,1H3,(H,32,39)(H,37,38). The molecule has 0 bridgehead atoms. The van der Waals surface area contributed by atoms with Gasteiger partial charge in [0.05, 0.1) is 0 Å². The Kier molecular flexibility index (Phi) is 8.24. The summed E-state index contributed by atoms with van der Waals surface area (Å²) in [6.45, 7) is 2.52. The van der Waals surface area contributed by atoms with Gasteiger partial charge in [-0.3, -0.25) is 0 Å². The molecule has 3 aromatic carbocycles. The first kappa shape index (κ1) is 26.7. The second-order valence-electron chi connectivity index (χ2n) is 9.63. The number of carbonyl (C=O) groups excluding carboxylic acids is 1. The van der Waals surface area contributed by atoms with Gasteiger partial charge in [0.15, 0.2) is 5.82 Å². The Morgan fingerprint density at radius 3 is 2.12 bits per heavy atom. The van der Waals surface area contributed by atoms with Gasteiger partial charge >= 0.3 is 12.1 Å². The van der Waals surface area contributed by atoms with E-state index in [4.69, 9.17) is 4.74 Å². The van der Waals surface area contributed by atoms with Crippen molar-refractivity contribution in [2.45, 2.75) is 38.1 Å². The minimum Gasteiger partial charge on any atom is -0.480 e. The fourth-order valence-corrected chi connectivity index (χ4v) is 4.88. The van der Waals surface area contributed by atoms with E-state index in [9.17, 15) is 14.7 Å². The number of nitrogens with zero attached hydrogens (tertiary/aromatic N) is 4. The molecule has 1 amide bonds. The third-order valence-corrected chi connectivity index (χ3v) is 6.90. The van der Waals surface area contributed by atoms with Gasteiger partial charge in [0.25, 0.3) is 0 Å². The number of amides is 1. The molecule has 1 atom stereocenters. The SMILES string of the molecule is Cc1nnc(-c2ccc(NCCCCC(NC(=O)OCC3c4ccccc4-c4ccccc43)C(=O)O)cc2)nn1. The molecule has 0 saturated heterocycles. The molecule has 10 heteroatoms. The molecule has 1 heterocycles. The van der Waals surface area contributed by atoms with E-state index in [1.54, 1.807) is 6.92 Å². The Morgan fingerprint density at radius 1 is 0.875 bits per heavy atom. The molecule has 204 valence electrons. The van der Waals surface area contributed by atoms with Crippen molar-refractivity contribution < 1.29 is 19.4 Å². The number of benzene rings is 3. The number of hydrogen-bond acceptors (Lipinski definition) is 8. The number of alkyl carbamates (subject to hydrolysis) is 1. The Labute approximate surface area is 231 Å². The van der Waals surface area contributed by atoms with Crippen LogP contribution < -0.4 is 10.6 Å². The number of nitrogens with one attached hydrogen (secondary N) is 2. The van der Waals surface area contributed by atoms with Crippen LogP contribution in [0.1, 0.15) is 42.1 Å². The van der Waals surface area contributed by atoms with Crippen LogP contribution in [0.4, 0.5) is 10.5 Å². The van der Waals surface area contributed by atoms with E-state index >= 15 is 0 Å². The number of carboxylic acids is 1. The summed E-state index contributed by atoms with van der Waals surface area (Å²) in [5.74, 6) is -0.194. The van der Waals surface area contributed by atoms with Crippen molar-refractivity contribution in [3.8, 4) is 22.5 Å². The van der Waals surface area contributed by atoms with Crippen molar-refractivity contribution in [1.82, 2.24) is 25.7 Å². The highest BCUT2D eigenvalue weighted by molar-refractivity contribution is 5.81. The molecule has 0 fully saturated rings. The number of carbonyl (C=O) groups is 2. The quantitative estimate of drug-likeness (QED) is 0.229. The summed E-state index contributed by atoms with van der Waals surface area (Å²) in [6, 6.07) is 22.7. The molecule has 3 N–H and O–H groups in total. The third kappa shape index (κ3) is 6.23. The first-order chi connectivity index (χ1) is 19.5. The van der Waals surface area contributed by atoms with Crippen LogP contribution in [-0.4, -0.2) is 56.8 Å². The normalized spacial score (nSPS) is 12.7. The molecule has 0 spiro atoms. The second kappa shape index (κ2) is 12.3. The number of hydrogen-bond donors (Lipinski definition) is 3. The van der Waals surface area contributed by atoms with Gasteiger partial charge in [0, 0.05) is 23.7 Å². The monoisotopic (exact) mass is 538 g/mol. The zero-order valence-corrected chi connectivity index (χ0v) is 22.1. The lowest BCUT2D eigenvalue weighted by Crippen LogP contribution is -2.41. The summed E-state index contributed by atoms with van der Waals surface area (Å²) in [4.78, 5) is 24.3. The summed E-state index contributed by atoms with van der Waals surface area (Å²) in [7, 11) is 0. The van der Waals surface area contributed by atoms with Crippen LogP contribution in [0, 0.1) is 6.92 Å². The van der Waals surface area contributed by atoms with E-state index in [2.05, 4.69) is 43.2 Å². The van der Waals surface area contributed by atoms with Crippen LogP contribution in [0.3, 0.4) is 0 Å². The predicted octanol–water partition coefficient (Wildman–Crippen LogP) is 4.82. The van der Waals surface area contributed by atoms with Crippen LogP contribution in [0.5, 0.6) is 0 Å². The topological polar surface area (TPSA) is 139 Å². The summed E-state index contributed by atoms with van der Waals surface area (Å²) in [5.41, 5.74) is 6.21. The van der Waals surface area contributed by atoms with E-state index in [0.29, 0.717) is 31.0 Å². The molecule has 4 aromatic rings. The minimum atomic E-state index is -1.08. The molecule has 1 aromatic heterocycles. The van der Waals surface area contributed by atoms with Gasteiger partial charge in [-0.05, 0) is 72.7 Å². The molecule has 1 aliphatic rings. The number of ether oxygens (including phenoxy) is 1. The Morgan fingerprint density at radius 2 is 1.50 bits per heavy atom. The number of unbranched alkanes of at least 4 members (excludes halogenated alkanes) is 1. The van der Waals surface area contributed by atoms with Gasteiger partial charge in [-0.15, -0.1) is 20.4 Å².